The lowest BCUT2D eigenvalue weighted by molar-refractivity contribution is -0.142. The van der Waals surface area contributed by atoms with Crippen LogP contribution in [0.3, 0.4) is 0 Å². The number of fused-ring (bicyclic) bond motifs is 1. The summed E-state index contributed by atoms with van der Waals surface area (Å²) in [5, 5.41) is 39.7. The fourth-order valence-corrected chi connectivity index (χ4v) is 4.62. The van der Waals surface area contributed by atoms with E-state index in [4.69, 9.17) is 16.6 Å². The highest BCUT2D eigenvalue weighted by Crippen LogP contribution is 2.12. The fraction of sp³-hybridized carbons (Fsp3) is 0.345. The van der Waals surface area contributed by atoms with Gasteiger partial charge < -0.3 is 53.4 Å². The van der Waals surface area contributed by atoms with Crippen molar-refractivity contribution in [1.29, 1.82) is 0 Å². The summed E-state index contributed by atoms with van der Waals surface area (Å²) in [5.74, 6) is -8.64. The Kier molecular flexibility index (Phi) is 14.3. The first-order valence-corrected chi connectivity index (χ1v) is 15.8. The highest BCUT2D eigenvalue weighted by Gasteiger charge is 2.30. The van der Waals surface area contributed by atoms with Crippen molar-refractivity contribution in [2.24, 2.45) is 5.73 Å². The normalized spacial score (nSPS) is 13.1. The Morgan fingerprint density at radius 2 is 1.48 bits per heavy atom. The van der Waals surface area contributed by atoms with Crippen LogP contribution in [-0.4, -0.2) is 113 Å². The number of benzene rings is 1. The topological polar surface area (TPSA) is 364 Å². The quantitative estimate of drug-likeness (QED) is 0.0537. The molecule has 1 aromatic carbocycles. The summed E-state index contributed by atoms with van der Waals surface area (Å²) in [4.78, 5) is 112. The lowest BCUT2D eigenvalue weighted by Gasteiger charge is -2.23. The van der Waals surface area contributed by atoms with Crippen molar-refractivity contribution in [2.75, 3.05) is 23.3 Å². The minimum absolute atomic E-state index is 0.00244. The van der Waals surface area contributed by atoms with Crippen molar-refractivity contribution in [3.05, 3.63) is 52.1 Å². The van der Waals surface area contributed by atoms with Gasteiger partial charge in [0.2, 0.25) is 23.7 Å². The van der Waals surface area contributed by atoms with E-state index in [9.17, 15) is 48.6 Å². The maximum absolute atomic E-state index is 12.8. The highest BCUT2D eigenvalue weighted by atomic mass is 32.1. The smallest absolute Gasteiger partial charge is 0.327 e. The van der Waals surface area contributed by atoms with Gasteiger partial charge >= 0.3 is 17.9 Å². The van der Waals surface area contributed by atoms with Gasteiger partial charge in [-0.2, -0.15) is 17.6 Å². The number of anilines is 2. The molecule has 4 atom stereocenters. The Hall–Kier alpha value is -6.36. The predicted octanol–water partition coefficient (Wildman–Crippen LogP) is -3.23. The maximum atomic E-state index is 12.8. The predicted molar refractivity (Wildman–Crippen MR) is 183 cm³/mol. The van der Waals surface area contributed by atoms with Crippen molar-refractivity contribution in [3.8, 4) is 0 Å². The molecule has 0 bridgehead atoms. The van der Waals surface area contributed by atoms with Crippen LogP contribution in [0.2, 0.25) is 0 Å². The number of carbonyl (C=O) groups is 7. The summed E-state index contributed by atoms with van der Waals surface area (Å²) in [5.41, 5.74) is 11.6. The van der Waals surface area contributed by atoms with Gasteiger partial charge in [-0.05, 0) is 30.7 Å². The molecule has 3 rings (SSSR count). The number of hydrogen-bond acceptors (Lipinski definition) is 15. The third-order valence-electron chi connectivity index (χ3n) is 7.07. The number of H-pyrrole nitrogens is 1. The monoisotopic (exact) mass is 745 g/mol. The van der Waals surface area contributed by atoms with Crippen LogP contribution < -0.4 is 43.6 Å². The molecule has 0 aliphatic carbocycles. The zero-order valence-corrected chi connectivity index (χ0v) is 27.9. The van der Waals surface area contributed by atoms with Crippen molar-refractivity contribution < 1.29 is 48.9 Å². The third-order valence-corrected chi connectivity index (χ3v) is 7.43. The average Bonchev–Trinajstić information content (AvgIpc) is 3.09. The number of thiol groups is 1. The minimum Gasteiger partial charge on any atom is -0.481 e. The van der Waals surface area contributed by atoms with Crippen LogP contribution in [0.25, 0.3) is 11.2 Å². The van der Waals surface area contributed by atoms with Gasteiger partial charge in [-0.25, -0.2) is 19.6 Å². The average molecular weight is 746 g/mol. The molecule has 4 amide bonds. The molecule has 0 saturated carbocycles. The lowest BCUT2D eigenvalue weighted by Crippen LogP contribution is -2.58. The molecule has 0 saturated heterocycles. The molecule has 0 radical (unpaired) electrons. The summed E-state index contributed by atoms with van der Waals surface area (Å²) >= 11 is 3.82. The van der Waals surface area contributed by atoms with Gasteiger partial charge in [-0.3, -0.25) is 33.8 Å². The van der Waals surface area contributed by atoms with Gasteiger partial charge in [0, 0.05) is 30.0 Å². The van der Waals surface area contributed by atoms with Gasteiger partial charge in [-0.1, -0.05) is 0 Å². The molecule has 2 aromatic heterocycles. The standard InChI is InChI=1S/C29H35N11O11S/c30-8-17(25(46)38-18(11-52)28(50)51)37-24(45)16(7-20(42)43)35-19(41)6-5-15(27(48)49)36-23(44)12-1-3-13(4-2-12)32-9-14-10-33-22-21(34-14)26(47)40-29(31)39-22/h1-4,10,15-18,32,52H,5-9,11,30H2,(H,35,41)(H,36,44)(H,37,45)(H,38,46)(H,42,43)(H,48,49)(H,50,51)(H3,31,33,39,40,47)/t15-,16-,17-,18-/m0/s1. The number of nitrogens with zero attached hydrogens (tertiary/aromatic N) is 3. The summed E-state index contributed by atoms with van der Waals surface area (Å²) in [7, 11) is 0. The Balaban J connectivity index is 1.56. The van der Waals surface area contributed by atoms with Gasteiger partial charge in [0.15, 0.2) is 11.2 Å². The molecule has 3 aromatic rings. The second-order valence-electron chi connectivity index (χ2n) is 10.9. The molecule has 0 spiro atoms. The largest absolute Gasteiger partial charge is 0.481 e. The minimum atomic E-state index is -1.73. The number of nitrogens with one attached hydrogen (secondary N) is 6. The molecule has 0 aliphatic heterocycles. The molecule has 2 heterocycles. The molecule has 23 heteroatoms. The number of nitrogens with two attached hydrogens (primary N) is 2. The van der Waals surface area contributed by atoms with Gasteiger partial charge in [-0.15, -0.1) is 0 Å². The molecule has 0 fully saturated rings. The number of carbonyl (C=O) groups excluding carboxylic acids is 4. The van der Waals surface area contributed by atoms with Crippen LogP contribution in [0.4, 0.5) is 11.6 Å². The van der Waals surface area contributed by atoms with E-state index >= 15 is 0 Å². The molecule has 0 unspecified atom stereocenters. The SMILES string of the molecule is NC[C@H](NC(=O)[C@H](CC(=O)O)NC(=O)CC[C@H](NC(=O)c1ccc(NCc2cnc3nc(N)[nH]c(=O)c3n2)cc1)C(=O)O)C(=O)N[C@@H](CS)C(=O)O. The second kappa shape index (κ2) is 18.6. The molecular formula is C29H35N11O11S. The van der Waals surface area contributed by atoms with E-state index in [0.29, 0.717) is 11.4 Å². The summed E-state index contributed by atoms with van der Waals surface area (Å²) in [6.07, 6.45) is -0.559. The molecule has 0 aliphatic rings. The summed E-state index contributed by atoms with van der Waals surface area (Å²) in [6.45, 7) is -0.370. The number of aromatic nitrogens is 4. The van der Waals surface area contributed by atoms with Crippen LogP contribution in [0.5, 0.6) is 0 Å². The first kappa shape index (κ1) is 40.1. The van der Waals surface area contributed by atoms with Gasteiger partial charge in [0.1, 0.15) is 24.2 Å². The number of aliphatic carboxylic acids is 3. The van der Waals surface area contributed by atoms with Crippen LogP contribution >= 0.6 is 12.6 Å². The number of rotatable bonds is 19. The number of carboxylic acid groups (broad SMARTS) is 3. The van der Waals surface area contributed by atoms with Crippen LogP contribution in [0.15, 0.2) is 35.3 Å². The lowest BCUT2D eigenvalue weighted by atomic mass is 10.1. The number of aromatic amines is 1. The van der Waals surface area contributed by atoms with E-state index in [1.54, 1.807) is 0 Å². The Morgan fingerprint density at radius 3 is 2.08 bits per heavy atom. The number of carboxylic acids is 3. The van der Waals surface area contributed by atoms with Crippen molar-refractivity contribution in [3.63, 3.8) is 0 Å². The van der Waals surface area contributed by atoms with E-state index in [1.165, 1.54) is 30.5 Å². The second-order valence-corrected chi connectivity index (χ2v) is 11.3. The molecular weight excluding hydrogens is 710 g/mol. The third kappa shape index (κ3) is 11.6. The Labute approximate surface area is 298 Å². The maximum Gasteiger partial charge on any atom is 0.327 e. The number of hydrogen-bond donors (Lipinski definition) is 12. The van der Waals surface area contributed by atoms with Gasteiger partial charge in [0.25, 0.3) is 11.5 Å². The molecule has 278 valence electrons. The van der Waals surface area contributed by atoms with Crippen LogP contribution in [0.1, 0.15) is 35.3 Å². The van der Waals surface area contributed by atoms with Crippen LogP contribution in [0, 0.1) is 0 Å². The zero-order chi connectivity index (χ0) is 38.5. The van der Waals surface area contributed by atoms with E-state index in [1.807, 2.05) is 0 Å². The van der Waals surface area contributed by atoms with E-state index in [-0.39, 0.29) is 35.0 Å². The Morgan fingerprint density at radius 1 is 0.846 bits per heavy atom. The van der Waals surface area contributed by atoms with Crippen molar-refractivity contribution in [1.82, 2.24) is 41.2 Å². The molecule has 13 N–H and O–H groups in total. The summed E-state index contributed by atoms with van der Waals surface area (Å²) in [6, 6.07) is -0.353. The summed E-state index contributed by atoms with van der Waals surface area (Å²) < 4.78 is 0. The van der Waals surface area contributed by atoms with Crippen molar-refractivity contribution >= 4 is 77.0 Å². The fourth-order valence-electron chi connectivity index (χ4n) is 4.37. The van der Waals surface area contributed by atoms with E-state index in [0.717, 1.165) is 0 Å². The molecule has 52 heavy (non-hydrogen) atoms. The van der Waals surface area contributed by atoms with Crippen molar-refractivity contribution in [2.45, 2.75) is 50.0 Å². The zero-order valence-electron chi connectivity index (χ0n) is 27.0. The van der Waals surface area contributed by atoms with E-state index < -0.39 is 97.1 Å². The number of nitrogen functional groups attached to an aromatic ring is 1. The Bertz CT molecular complexity index is 1890. The van der Waals surface area contributed by atoms with Gasteiger partial charge in [0.05, 0.1) is 24.9 Å². The first-order chi connectivity index (χ1) is 24.6. The first-order valence-electron chi connectivity index (χ1n) is 15.2. The van der Waals surface area contributed by atoms with Crippen LogP contribution in [-0.2, 0) is 35.3 Å². The van der Waals surface area contributed by atoms with E-state index in [2.05, 4.69) is 59.1 Å². The number of amides is 4. The molecule has 22 nitrogen and oxygen atoms in total. The highest BCUT2D eigenvalue weighted by molar-refractivity contribution is 7.80.